The molecular formula is C24H24N8OS. The van der Waals surface area contributed by atoms with Gasteiger partial charge in [0.05, 0.1) is 34.2 Å². The average Bonchev–Trinajstić information content (AvgIpc) is 3.62. The zero-order valence-electron chi connectivity index (χ0n) is 19.0. The Labute approximate surface area is 198 Å². The van der Waals surface area contributed by atoms with Gasteiger partial charge in [0, 0.05) is 24.5 Å². The summed E-state index contributed by atoms with van der Waals surface area (Å²) in [5.41, 5.74) is 5.17. The van der Waals surface area contributed by atoms with E-state index in [9.17, 15) is 4.79 Å². The van der Waals surface area contributed by atoms with Gasteiger partial charge in [0.15, 0.2) is 0 Å². The molecule has 0 spiro atoms. The summed E-state index contributed by atoms with van der Waals surface area (Å²) in [6.07, 6.45) is 8.96. The Balaban J connectivity index is 1.39. The first-order chi connectivity index (χ1) is 16.6. The van der Waals surface area contributed by atoms with Gasteiger partial charge in [0.2, 0.25) is 5.78 Å². The third kappa shape index (κ3) is 3.41. The molecule has 0 unspecified atom stereocenters. The molecule has 0 radical (unpaired) electrons. The summed E-state index contributed by atoms with van der Waals surface area (Å²) in [6, 6.07) is 6.21. The number of thiophene rings is 1. The first-order valence-electron chi connectivity index (χ1n) is 11.4. The number of aromatic amines is 1. The van der Waals surface area contributed by atoms with E-state index in [0.29, 0.717) is 23.7 Å². The molecule has 0 bridgehead atoms. The molecule has 6 heterocycles. The molecule has 0 aliphatic rings. The molecule has 0 aromatic carbocycles. The molecule has 6 aromatic rings. The van der Waals surface area contributed by atoms with Crippen molar-refractivity contribution in [3.8, 4) is 11.3 Å². The van der Waals surface area contributed by atoms with Crippen molar-refractivity contribution in [1.82, 2.24) is 38.9 Å². The number of nitrogens with zero attached hydrogens (tertiary/aromatic N) is 7. The molecule has 0 saturated carbocycles. The maximum atomic E-state index is 13.2. The maximum absolute atomic E-state index is 13.2. The number of hydrogen-bond acceptors (Lipinski definition) is 6. The van der Waals surface area contributed by atoms with Crippen LogP contribution in [0, 0.1) is 6.92 Å². The SMILES string of the molecule is CCCCCn1c2cc(-c3cnn(Cc4cnc5ccsc5c4)c3)[nH]c2c(=O)n2c(C)nnc12. The van der Waals surface area contributed by atoms with E-state index < -0.39 is 0 Å². The van der Waals surface area contributed by atoms with E-state index in [0.717, 1.165) is 53.7 Å². The second-order valence-corrected chi connectivity index (χ2v) is 9.51. The fourth-order valence-corrected chi connectivity index (χ4v) is 5.25. The predicted molar refractivity (Wildman–Crippen MR) is 133 cm³/mol. The molecule has 0 amide bonds. The van der Waals surface area contributed by atoms with Gasteiger partial charge in [-0.15, -0.1) is 21.5 Å². The molecule has 1 N–H and O–H groups in total. The predicted octanol–water partition coefficient (Wildman–Crippen LogP) is 4.39. The molecule has 10 heteroatoms. The molecule has 0 atom stereocenters. The number of nitrogens with one attached hydrogen (secondary N) is 1. The number of hydrogen-bond donors (Lipinski definition) is 1. The summed E-state index contributed by atoms with van der Waals surface area (Å²) >= 11 is 1.69. The first-order valence-corrected chi connectivity index (χ1v) is 12.3. The zero-order chi connectivity index (χ0) is 23.2. The van der Waals surface area contributed by atoms with Gasteiger partial charge in [-0.1, -0.05) is 19.8 Å². The zero-order valence-corrected chi connectivity index (χ0v) is 19.8. The van der Waals surface area contributed by atoms with Crippen LogP contribution in [-0.2, 0) is 13.1 Å². The van der Waals surface area contributed by atoms with Crippen LogP contribution in [0.4, 0.5) is 0 Å². The van der Waals surface area contributed by atoms with Crippen molar-refractivity contribution >= 4 is 38.4 Å². The minimum atomic E-state index is -0.131. The lowest BCUT2D eigenvalue weighted by Crippen LogP contribution is -2.19. The van der Waals surface area contributed by atoms with Crippen LogP contribution >= 0.6 is 11.3 Å². The molecule has 0 aliphatic carbocycles. The second-order valence-electron chi connectivity index (χ2n) is 8.56. The molecule has 0 fully saturated rings. The van der Waals surface area contributed by atoms with E-state index in [4.69, 9.17) is 0 Å². The van der Waals surface area contributed by atoms with Crippen molar-refractivity contribution in [1.29, 1.82) is 0 Å². The van der Waals surface area contributed by atoms with Crippen LogP contribution in [0.15, 0.2) is 47.0 Å². The summed E-state index contributed by atoms with van der Waals surface area (Å²) < 4.78 is 6.75. The smallest absolute Gasteiger partial charge is 0.284 e. The summed E-state index contributed by atoms with van der Waals surface area (Å²) in [7, 11) is 0. The lowest BCUT2D eigenvalue weighted by Gasteiger charge is -2.09. The van der Waals surface area contributed by atoms with Crippen LogP contribution in [0.5, 0.6) is 0 Å². The summed E-state index contributed by atoms with van der Waals surface area (Å²) in [6.45, 7) is 5.39. The minimum Gasteiger partial charge on any atom is -0.349 e. The van der Waals surface area contributed by atoms with Gasteiger partial charge in [-0.2, -0.15) is 5.10 Å². The highest BCUT2D eigenvalue weighted by Gasteiger charge is 2.18. The fraction of sp³-hybridized carbons (Fsp3) is 0.292. The summed E-state index contributed by atoms with van der Waals surface area (Å²) in [4.78, 5) is 21.1. The van der Waals surface area contributed by atoms with Crippen molar-refractivity contribution in [2.24, 2.45) is 0 Å². The molecule has 0 saturated heterocycles. The number of aromatic nitrogens is 8. The number of pyridine rings is 1. The van der Waals surface area contributed by atoms with Crippen molar-refractivity contribution < 1.29 is 0 Å². The second kappa shape index (κ2) is 8.21. The van der Waals surface area contributed by atoms with Crippen molar-refractivity contribution in [3.05, 3.63) is 63.9 Å². The summed E-state index contributed by atoms with van der Waals surface area (Å²) in [5.74, 6) is 1.18. The van der Waals surface area contributed by atoms with Gasteiger partial charge < -0.3 is 9.55 Å². The van der Waals surface area contributed by atoms with Crippen LogP contribution in [-0.4, -0.2) is 38.9 Å². The van der Waals surface area contributed by atoms with Crippen LogP contribution in [0.3, 0.4) is 0 Å². The van der Waals surface area contributed by atoms with E-state index in [1.807, 2.05) is 35.4 Å². The largest absolute Gasteiger partial charge is 0.349 e. The highest BCUT2D eigenvalue weighted by atomic mass is 32.1. The van der Waals surface area contributed by atoms with Gasteiger partial charge >= 0.3 is 0 Å². The average molecular weight is 473 g/mol. The quantitative estimate of drug-likeness (QED) is 0.347. The van der Waals surface area contributed by atoms with E-state index in [-0.39, 0.29) is 5.56 Å². The van der Waals surface area contributed by atoms with E-state index in [1.165, 1.54) is 4.70 Å². The highest BCUT2D eigenvalue weighted by Crippen LogP contribution is 2.25. The van der Waals surface area contributed by atoms with Crippen LogP contribution in [0.25, 0.3) is 38.3 Å². The monoisotopic (exact) mass is 472 g/mol. The fourth-order valence-electron chi connectivity index (χ4n) is 4.45. The number of aryl methyl sites for hydroxylation is 2. The maximum Gasteiger partial charge on any atom is 0.284 e. The Morgan fingerprint density at radius 3 is 2.94 bits per heavy atom. The topological polar surface area (TPSA) is 98.7 Å². The number of fused-ring (bicyclic) bond motifs is 3. The van der Waals surface area contributed by atoms with Crippen LogP contribution in [0.1, 0.15) is 37.6 Å². The number of H-pyrrole nitrogens is 1. The third-order valence-electron chi connectivity index (χ3n) is 6.19. The first kappa shape index (κ1) is 20.8. The minimum absolute atomic E-state index is 0.131. The van der Waals surface area contributed by atoms with Crippen molar-refractivity contribution in [2.75, 3.05) is 0 Å². The van der Waals surface area contributed by atoms with Crippen LogP contribution < -0.4 is 5.56 Å². The van der Waals surface area contributed by atoms with Gasteiger partial charge in [-0.05, 0) is 42.5 Å². The molecule has 0 aliphatic heterocycles. The van der Waals surface area contributed by atoms with Gasteiger partial charge in [-0.3, -0.25) is 14.5 Å². The lowest BCUT2D eigenvalue weighted by atomic mass is 10.2. The van der Waals surface area contributed by atoms with E-state index in [2.05, 4.69) is 48.2 Å². The number of unbranched alkanes of at least 4 members (excludes halogenated alkanes) is 2. The molecular weight excluding hydrogens is 448 g/mol. The number of rotatable bonds is 7. The third-order valence-corrected chi connectivity index (χ3v) is 7.04. The normalized spacial score (nSPS) is 11.9. The molecule has 6 rings (SSSR count). The summed E-state index contributed by atoms with van der Waals surface area (Å²) in [5, 5.41) is 15.0. The standard InChI is InChI=1S/C24H24N8OS/c1-3-4-5-7-31-20-10-19(27-22(20)23(33)32-15(2)28-29-24(31)32)17-12-26-30(14-17)13-16-9-21-18(25-11-16)6-8-34-21/h6,8-12,14,27H,3-5,7,13H2,1-2H3. The molecule has 9 nitrogen and oxygen atoms in total. The Kier molecular flexibility index (Phi) is 5.02. The lowest BCUT2D eigenvalue weighted by molar-refractivity contribution is 0.615. The molecule has 172 valence electrons. The van der Waals surface area contributed by atoms with Gasteiger partial charge in [-0.25, -0.2) is 4.40 Å². The Hall–Kier alpha value is -3.79. The van der Waals surface area contributed by atoms with Gasteiger partial charge in [0.1, 0.15) is 11.3 Å². The van der Waals surface area contributed by atoms with E-state index >= 15 is 0 Å². The van der Waals surface area contributed by atoms with Crippen molar-refractivity contribution in [2.45, 2.75) is 46.2 Å². The molecule has 34 heavy (non-hydrogen) atoms. The Morgan fingerprint density at radius 1 is 1.15 bits per heavy atom. The van der Waals surface area contributed by atoms with Gasteiger partial charge in [0.25, 0.3) is 5.56 Å². The highest BCUT2D eigenvalue weighted by molar-refractivity contribution is 7.17. The molecule has 6 aromatic heterocycles. The Morgan fingerprint density at radius 2 is 2.06 bits per heavy atom. The Bertz CT molecular complexity index is 1700. The van der Waals surface area contributed by atoms with E-state index in [1.54, 1.807) is 22.7 Å². The van der Waals surface area contributed by atoms with Crippen molar-refractivity contribution in [3.63, 3.8) is 0 Å². The van der Waals surface area contributed by atoms with Crippen LogP contribution in [0.2, 0.25) is 0 Å².